The molecule has 0 unspecified atom stereocenters. The summed E-state index contributed by atoms with van der Waals surface area (Å²) in [4.78, 5) is 11.8. The van der Waals surface area contributed by atoms with E-state index in [0.29, 0.717) is 11.5 Å². The van der Waals surface area contributed by atoms with Crippen LogP contribution in [0.1, 0.15) is 0 Å². The highest BCUT2D eigenvalue weighted by Crippen LogP contribution is 2.34. The van der Waals surface area contributed by atoms with Gasteiger partial charge in [0.05, 0.1) is 5.75 Å². The van der Waals surface area contributed by atoms with Gasteiger partial charge in [-0.2, -0.15) is 11.8 Å². The number of carbonyl (C=O) groups excluding carboxylic acids is 1. The largest absolute Gasteiger partial charge is 0.454 e. The maximum Gasteiger partial charge on any atom is 0.234 e. The lowest BCUT2D eigenvalue weighted by Crippen LogP contribution is -2.43. The Kier molecular flexibility index (Phi) is 3.79. The van der Waals surface area contributed by atoms with E-state index >= 15 is 0 Å². The van der Waals surface area contributed by atoms with Crippen molar-refractivity contribution < 1.29 is 14.3 Å². The first-order valence-corrected chi connectivity index (χ1v) is 7.45. The molecule has 5 nitrogen and oxygen atoms in total. The standard InChI is InChI=1S/C13H16N2O3S/c16-13(7-19-6-9-4-14-5-9)15-10-1-2-11-12(3-10)18-8-17-11/h1-3,9,14H,4-8H2,(H,15,16). The van der Waals surface area contributed by atoms with Gasteiger partial charge in [-0.05, 0) is 36.9 Å². The Balaban J connectivity index is 1.46. The number of carbonyl (C=O) groups is 1. The quantitative estimate of drug-likeness (QED) is 0.851. The Morgan fingerprint density at radius 1 is 1.37 bits per heavy atom. The maximum absolute atomic E-state index is 11.8. The number of fused-ring (bicyclic) bond motifs is 1. The molecule has 0 saturated carbocycles. The topological polar surface area (TPSA) is 59.6 Å². The second kappa shape index (κ2) is 5.71. The van der Waals surface area contributed by atoms with Crippen LogP contribution in [0.15, 0.2) is 18.2 Å². The molecule has 2 N–H and O–H groups in total. The van der Waals surface area contributed by atoms with Gasteiger partial charge in [-0.15, -0.1) is 0 Å². The molecule has 0 aromatic heterocycles. The minimum absolute atomic E-state index is 0.0242. The van der Waals surface area contributed by atoms with Crippen molar-refractivity contribution in [1.82, 2.24) is 5.32 Å². The van der Waals surface area contributed by atoms with E-state index in [-0.39, 0.29) is 12.7 Å². The molecule has 2 aliphatic rings. The Morgan fingerprint density at radius 2 is 2.21 bits per heavy atom. The number of benzene rings is 1. The molecule has 0 aliphatic carbocycles. The first kappa shape index (κ1) is 12.6. The van der Waals surface area contributed by atoms with Gasteiger partial charge in [-0.25, -0.2) is 0 Å². The summed E-state index contributed by atoms with van der Waals surface area (Å²) >= 11 is 1.68. The Hall–Kier alpha value is -1.40. The average Bonchev–Trinajstić information content (AvgIpc) is 2.79. The van der Waals surface area contributed by atoms with Crippen LogP contribution in [0.4, 0.5) is 5.69 Å². The molecule has 0 atom stereocenters. The number of hydrogen-bond donors (Lipinski definition) is 2. The summed E-state index contributed by atoms with van der Waals surface area (Å²) in [5.41, 5.74) is 0.750. The van der Waals surface area contributed by atoms with Crippen LogP contribution in [0.25, 0.3) is 0 Å². The average molecular weight is 280 g/mol. The monoisotopic (exact) mass is 280 g/mol. The van der Waals surface area contributed by atoms with Crippen LogP contribution < -0.4 is 20.1 Å². The zero-order valence-corrected chi connectivity index (χ0v) is 11.3. The van der Waals surface area contributed by atoms with Crippen LogP contribution in [0.2, 0.25) is 0 Å². The van der Waals surface area contributed by atoms with E-state index in [9.17, 15) is 4.79 Å². The van der Waals surface area contributed by atoms with Gasteiger partial charge in [0.2, 0.25) is 12.7 Å². The molecule has 19 heavy (non-hydrogen) atoms. The van der Waals surface area contributed by atoms with Gasteiger partial charge >= 0.3 is 0 Å². The summed E-state index contributed by atoms with van der Waals surface area (Å²) in [6.07, 6.45) is 0. The SMILES string of the molecule is O=C(CSCC1CNC1)Nc1ccc2c(c1)OCO2. The summed E-state index contributed by atoms with van der Waals surface area (Å²) in [6.45, 7) is 2.41. The van der Waals surface area contributed by atoms with Crippen molar-refractivity contribution >= 4 is 23.4 Å². The Bertz CT molecular complexity index is 477. The molecule has 1 aromatic rings. The summed E-state index contributed by atoms with van der Waals surface area (Å²) in [5.74, 6) is 3.70. The number of anilines is 1. The third-order valence-electron chi connectivity index (χ3n) is 3.11. The molecular weight excluding hydrogens is 264 g/mol. The zero-order chi connectivity index (χ0) is 13.1. The van der Waals surface area contributed by atoms with Crippen LogP contribution in [0, 0.1) is 5.92 Å². The van der Waals surface area contributed by atoms with Crippen molar-refractivity contribution in [1.29, 1.82) is 0 Å². The normalized spacial score (nSPS) is 17.1. The second-order valence-electron chi connectivity index (χ2n) is 4.66. The molecule has 2 aliphatic heterocycles. The highest BCUT2D eigenvalue weighted by molar-refractivity contribution is 7.99. The molecule has 3 rings (SSSR count). The third-order valence-corrected chi connectivity index (χ3v) is 4.28. The minimum atomic E-state index is 0.0242. The van der Waals surface area contributed by atoms with Gasteiger partial charge < -0.3 is 20.1 Å². The number of rotatable bonds is 5. The van der Waals surface area contributed by atoms with Gasteiger partial charge in [0.15, 0.2) is 11.5 Å². The Morgan fingerprint density at radius 3 is 3.00 bits per heavy atom. The van der Waals surface area contributed by atoms with E-state index in [1.54, 1.807) is 17.8 Å². The highest BCUT2D eigenvalue weighted by atomic mass is 32.2. The van der Waals surface area contributed by atoms with Crippen LogP contribution in [-0.4, -0.2) is 37.3 Å². The van der Waals surface area contributed by atoms with Crippen molar-refractivity contribution in [3.63, 3.8) is 0 Å². The van der Waals surface area contributed by atoms with Crippen molar-refractivity contribution in [3.05, 3.63) is 18.2 Å². The number of amides is 1. The van der Waals surface area contributed by atoms with Crippen molar-refractivity contribution in [2.45, 2.75) is 0 Å². The van der Waals surface area contributed by atoms with Crippen LogP contribution >= 0.6 is 11.8 Å². The van der Waals surface area contributed by atoms with E-state index in [0.717, 1.165) is 36.2 Å². The first-order valence-electron chi connectivity index (χ1n) is 6.29. The minimum Gasteiger partial charge on any atom is -0.454 e. The lowest BCUT2D eigenvalue weighted by molar-refractivity contribution is -0.113. The predicted molar refractivity (Wildman–Crippen MR) is 74.9 cm³/mol. The van der Waals surface area contributed by atoms with E-state index in [4.69, 9.17) is 9.47 Å². The van der Waals surface area contributed by atoms with Crippen molar-refractivity contribution in [3.8, 4) is 11.5 Å². The van der Waals surface area contributed by atoms with E-state index < -0.39 is 0 Å². The molecule has 2 heterocycles. The second-order valence-corrected chi connectivity index (χ2v) is 5.69. The van der Waals surface area contributed by atoms with Gasteiger partial charge in [0.1, 0.15) is 0 Å². The molecule has 1 aromatic carbocycles. The van der Waals surface area contributed by atoms with Crippen molar-refractivity contribution in [2.24, 2.45) is 5.92 Å². The van der Waals surface area contributed by atoms with E-state index in [1.165, 1.54) is 0 Å². The molecule has 0 radical (unpaired) electrons. The summed E-state index contributed by atoms with van der Waals surface area (Å²) in [5, 5.41) is 6.09. The molecule has 1 amide bonds. The molecular formula is C13H16N2O3S. The molecule has 0 bridgehead atoms. The molecule has 102 valence electrons. The van der Waals surface area contributed by atoms with Crippen LogP contribution in [0.5, 0.6) is 11.5 Å². The zero-order valence-electron chi connectivity index (χ0n) is 10.5. The fraction of sp³-hybridized carbons (Fsp3) is 0.462. The summed E-state index contributed by atoms with van der Waals surface area (Å²) < 4.78 is 10.5. The van der Waals surface area contributed by atoms with Gasteiger partial charge in [0, 0.05) is 11.8 Å². The predicted octanol–water partition coefficient (Wildman–Crippen LogP) is 1.31. The number of thioether (sulfide) groups is 1. The fourth-order valence-electron chi connectivity index (χ4n) is 1.96. The third kappa shape index (κ3) is 3.13. The lowest BCUT2D eigenvalue weighted by atomic mass is 10.1. The number of hydrogen-bond acceptors (Lipinski definition) is 5. The number of nitrogens with one attached hydrogen (secondary N) is 2. The molecule has 1 saturated heterocycles. The van der Waals surface area contributed by atoms with Gasteiger partial charge in [-0.3, -0.25) is 4.79 Å². The Labute approximate surface area is 116 Å². The number of ether oxygens (including phenoxy) is 2. The van der Waals surface area contributed by atoms with Crippen LogP contribution in [0.3, 0.4) is 0 Å². The van der Waals surface area contributed by atoms with Gasteiger partial charge in [0.25, 0.3) is 0 Å². The smallest absolute Gasteiger partial charge is 0.234 e. The molecule has 1 fully saturated rings. The molecule has 6 heteroatoms. The van der Waals surface area contributed by atoms with Gasteiger partial charge in [-0.1, -0.05) is 0 Å². The maximum atomic E-state index is 11.8. The summed E-state index contributed by atoms with van der Waals surface area (Å²) in [7, 11) is 0. The highest BCUT2D eigenvalue weighted by Gasteiger charge is 2.17. The van der Waals surface area contributed by atoms with E-state index in [2.05, 4.69) is 10.6 Å². The van der Waals surface area contributed by atoms with E-state index in [1.807, 2.05) is 12.1 Å². The lowest BCUT2D eigenvalue weighted by Gasteiger charge is -2.26. The first-order chi connectivity index (χ1) is 9.31. The van der Waals surface area contributed by atoms with Crippen molar-refractivity contribution in [2.75, 3.05) is 36.7 Å². The fourth-order valence-corrected chi connectivity index (χ4v) is 2.90. The van der Waals surface area contributed by atoms with Crippen LogP contribution in [-0.2, 0) is 4.79 Å². The molecule has 0 spiro atoms. The summed E-state index contributed by atoms with van der Waals surface area (Å²) in [6, 6.07) is 5.43.